The van der Waals surface area contributed by atoms with Crippen molar-refractivity contribution in [3.63, 3.8) is 0 Å². The van der Waals surface area contributed by atoms with E-state index in [2.05, 4.69) is 4.99 Å². The molecule has 0 spiro atoms. The van der Waals surface area contributed by atoms with Crippen LogP contribution in [0.25, 0.3) is 0 Å². The van der Waals surface area contributed by atoms with Gasteiger partial charge in [0.2, 0.25) is 0 Å². The monoisotopic (exact) mass is 176 g/mol. The summed E-state index contributed by atoms with van der Waals surface area (Å²) >= 11 is 0. The van der Waals surface area contributed by atoms with Crippen molar-refractivity contribution in [1.29, 1.82) is 0 Å². The summed E-state index contributed by atoms with van der Waals surface area (Å²) in [5, 5.41) is 8.60. The number of nitrogens with one attached hydrogen (secondary N) is 1. The van der Waals surface area contributed by atoms with Gasteiger partial charge in [-0.25, -0.2) is 4.99 Å². The zero-order valence-electron chi connectivity index (χ0n) is 6.82. The number of aliphatic imine (C=N–C) groups is 1. The normalized spacial score (nSPS) is 14.8. The van der Waals surface area contributed by atoms with E-state index >= 15 is 0 Å². The molecule has 0 radical (unpaired) electrons. The zero-order valence-corrected chi connectivity index (χ0v) is 6.82. The van der Waals surface area contributed by atoms with E-state index < -0.39 is 0 Å². The van der Waals surface area contributed by atoms with Crippen LogP contribution in [-0.4, -0.2) is 16.8 Å². The highest BCUT2D eigenvalue weighted by Crippen LogP contribution is 2.24. The molecule has 2 rings (SSSR count). The molecule has 1 aromatic rings. The van der Waals surface area contributed by atoms with Gasteiger partial charge in [0.1, 0.15) is 5.84 Å². The lowest BCUT2D eigenvalue weighted by Gasteiger charge is -2.12. The number of para-hydroxylation sites is 1. The third-order valence-corrected chi connectivity index (χ3v) is 1.92. The van der Waals surface area contributed by atoms with Crippen LogP contribution in [0.15, 0.2) is 29.3 Å². The van der Waals surface area contributed by atoms with Gasteiger partial charge in [-0.05, 0) is 12.1 Å². The topological polar surface area (TPSA) is 61.7 Å². The van der Waals surface area contributed by atoms with Crippen LogP contribution >= 0.6 is 0 Å². The van der Waals surface area contributed by atoms with Gasteiger partial charge in [0.15, 0.2) is 5.78 Å². The molecular formula is C9H8N2O2. The first kappa shape index (κ1) is 7.94. The summed E-state index contributed by atoms with van der Waals surface area (Å²) in [5.41, 5.74) is 3.12. The molecular weight excluding hydrogens is 168 g/mol. The fraction of sp³-hybridized carbons (Fsp3) is 0.111. The fourth-order valence-corrected chi connectivity index (χ4v) is 1.30. The van der Waals surface area contributed by atoms with E-state index in [0.717, 1.165) is 0 Å². The largest absolute Gasteiger partial charge is 0.294 e. The maximum atomic E-state index is 11.4. The standard InChI is InChI=1S/C9H8N2O2/c12-8-5-9(11-13)10-7-4-2-1-3-6(7)8/h1-4,13H,5H2,(H,10,11). The predicted octanol–water partition coefficient (Wildman–Crippen LogP) is 1.28. The summed E-state index contributed by atoms with van der Waals surface area (Å²) in [5.74, 6) is 0.269. The van der Waals surface area contributed by atoms with Crippen molar-refractivity contribution < 1.29 is 10.0 Å². The van der Waals surface area contributed by atoms with Crippen molar-refractivity contribution in [2.24, 2.45) is 4.99 Å². The lowest BCUT2D eigenvalue weighted by atomic mass is 10.0. The summed E-state index contributed by atoms with van der Waals surface area (Å²) < 4.78 is 0. The van der Waals surface area contributed by atoms with Gasteiger partial charge < -0.3 is 0 Å². The molecule has 4 heteroatoms. The van der Waals surface area contributed by atoms with Gasteiger partial charge in [-0.2, -0.15) is 0 Å². The molecule has 0 unspecified atom stereocenters. The SMILES string of the molecule is O=C1CC(NO)=Nc2ccccc21. The van der Waals surface area contributed by atoms with Crippen LogP contribution in [0.1, 0.15) is 16.8 Å². The molecule has 13 heavy (non-hydrogen) atoms. The number of ketones is 1. The van der Waals surface area contributed by atoms with Gasteiger partial charge in [0.25, 0.3) is 0 Å². The number of hydrogen-bond acceptors (Lipinski definition) is 4. The molecule has 2 N–H and O–H groups in total. The number of nitrogens with zero attached hydrogens (tertiary/aromatic N) is 1. The summed E-state index contributed by atoms with van der Waals surface area (Å²) in [6.07, 6.45) is 0.132. The Morgan fingerprint density at radius 2 is 2.15 bits per heavy atom. The van der Waals surface area contributed by atoms with E-state index in [4.69, 9.17) is 5.21 Å². The fourth-order valence-electron chi connectivity index (χ4n) is 1.30. The van der Waals surface area contributed by atoms with Gasteiger partial charge >= 0.3 is 0 Å². The van der Waals surface area contributed by atoms with E-state index in [1.165, 1.54) is 0 Å². The molecule has 1 aliphatic rings. The Bertz CT molecular complexity index is 385. The number of Topliss-reactive ketones (excluding diaryl/α,β-unsaturated/α-hetero) is 1. The highest BCUT2D eigenvalue weighted by Gasteiger charge is 2.18. The molecule has 0 bridgehead atoms. The summed E-state index contributed by atoms with van der Waals surface area (Å²) in [6.45, 7) is 0. The molecule has 0 aliphatic carbocycles. The van der Waals surface area contributed by atoms with Crippen molar-refractivity contribution >= 4 is 17.3 Å². The van der Waals surface area contributed by atoms with Gasteiger partial charge in [-0.15, -0.1) is 0 Å². The second kappa shape index (κ2) is 2.99. The molecule has 1 heterocycles. The Kier molecular flexibility index (Phi) is 1.83. The van der Waals surface area contributed by atoms with Gasteiger partial charge in [0, 0.05) is 5.56 Å². The number of hydrogen-bond donors (Lipinski definition) is 2. The van der Waals surface area contributed by atoms with Gasteiger partial charge in [-0.3, -0.25) is 15.5 Å². The van der Waals surface area contributed by atoms with E-state index in [0.29, 0.717) is 17.1 Å². The lowest BCUT2D eigenvalue weighted by Crippen LogP contribution is -2.25. The smallest absolute Gasteiger partial charge is 0.172 e. The van der Waals surface area contributed by atoms with Gasteiger partial charge in [0.05, 0.1) is 12.1 Å². The Morgan fingerprint density at radius 1 is 1.38 bits per heavy atom. The molecule has 0 fully saturated rings. The van der Waals surface area contributed by atoms with Crippen LogP contribution < -0.4 is 5.48 Å². The average molecular weight is 176 g/mol. The minimum absolute atomic E-state index is 0.0258. The minimum atomic E-state index is -0.0258. The van der Waals surface area contributed by atoms with Crippen LogP contribution in [0.4, 0.5) is 5.69 Å². The van der Waals surface area contributed by atoms with Crippen LogP contribution in [-0.2, 0) is 0 Å². The molecule has 0 aromatic heterocycles. The number of carbonyl (C=O) groups is 1. The molecule has 0 saturated carbocycles. The summed E-state index contributed by atoms with van der Waals surface area (Å²) in [6, 6.07) is 7.07. The highest BCUT2D eigenvalue weighted by atomic mass is 16.5. The molecule has 0 atom stereocenters. The Labute approximate surface area is 74.9 Å². The average Bonchev–Trinajstić information content (AvgIpc) is 2.18. The van der Waals surface area contributed by atoms with Crippen molar-refractivity contribution in [3.8, 4) is 0 Å². The number of hydroxylamine groups is 1. The van der Waals surface area contributed by atoms with Gasteiger partial charge in [-0.1, -0.05) is 12.1 Å². The van der Waals surface area contributed by atoms with Crippen molar-refractivity contribution in [2.45, 2.75) is 6.42 Å². The number of fused-ring (bicyclic) bond motifs is 1. The third kappa shape index (κ3) is 1.31. The maximum Gasteiger partial charge on any atom is 0.172 e. The summed E-state index contributed by atoms with van der Waals surface area (Å²) in [7, 11) is 0. The van der Waals surface area contributed by atoms with Crippen LogP contribution in [0, 0.1) is 0 Å². The van der Waals surface area contributed by atoms with E-state index in [1.807, 2.05) is 5.48 Å². The number of amidine groups is 1. The van der Waals surface area contributed by atoms with Crippen molar-refractivity contribution in [2.75, 3.05) is 0 Å². The molecule has 0 amide bonds. The highest BCUT2D eigenvalue weighted by molar-refractivity contribution is 6.14. The molecule has 4 nitrogen and oxygen atoms in total. The second-order valence-corrected chi connectivity index (χ2v) is 2.79. The third-order valence-electron chi connectivity index (χ3n) is 1.92. The minimum Gasteiger partial charge on any atom is -0.294 e. The second-order valence-electron chi connectivity index (χ2n) is 2.79. The molecule has 66 valence electrons. The number of carbonyl (C=O) groups excluding carboxylic acids is 1. The Hall–Kier alpha value is -1.68. The zero-order chi connectivity index (χ0) is 9.26. The number of benzene rings is 1. The maximum absolute atomic E-state index is 11.4. The lowest BCUT2D eigenvalue weighted by molar-refractivity contribution is 0.0994. The predicted molar refractivity (Wildman–Crippen MR) is 47.4 cm³/mol. The first-order chi connectivity index (χ1) is 6.31. The van der Waals surface area contributed by atoms with Crippen molar-refractivity contribution in [1.82, 2.24) is 5.48 Å². The van der Waals surface area contributed by atoms with E-state index in [-0.39, 0.29) is 12.2 Å². The first-order valence-corrected chi connectivity index (χ1v) is 3.91. The molecule has 1 aliphatic heterocycles. The van der Waals surface area contributed by atoms with Crippen molar-refractivity contribution in [3.05, 3.63) is 29.8 Å². The Morgan fingerprint density at radius 3 is 2.92 bits per heavy atom. The Balaban J connectivity index is 2.53. The summed E-state index contributed by atoms with van der Waals surface area (Å²) in [4.78, 5) is 15.5. The number of rotatable bonds is 0. The molecule has 0 saturated heterocycles. The van der Waals surface area contributed by atoms with Crippen LogP contribution in [0.3, 0.4) is 0 Å². The quantitative estimate of drug-likeness (QED) is 0.585. The van der Waals surface area contributed by atoms with Crippen LogP contribution in [0.5, 0.6) is 0 Å². The van der Waals surface area contributed by atoms with E-state index in [1.54, 1.807) is 24.3 Å². The first-order valence-electron chi connectivity index (χ1n) is 3.91. The molecule has 1 aromatic carbocycles. The van der Waals surface area contributed by atoms with E-state index in [9.17, 15) is 4.79 Å². The van der Waals surface area contributed by atoms with Crippen LogP contribution in [0.2, 0.25) is 0 Å².